The predicted octanol–water partition coefficient (Wildman–Crippen LogP) is 1.49. The smallest absolute Gasteiger partial charge is 0.251 e. The average Bonchev–Trinajstić information content (AvgIpc) is 2.59. The van der Waals surface area contributed by atoms with E-state index in [0.717, 1.165) is 39.1 Å². The van der Waals surface area contributed by atoms with E-state index in [1.165, 1.54) is 0 Å². The lowest BCUT2D eigenvalue weighted by molar-refractivity contribution is 0.0950. The number of hydrogen-bond donors (Lipinski definition) is 2. The first-order valence-corrected chi connectivity index (χ1v) is 8.57. The van der Waals surface area contributed by atoms with Crippen LogP contribution in [0.15, 0.2) is 16.6 Å². The fourth-order valence-electron chi connectivity index (χ4n) is 2.54. The highest BCUT2D eigenvalue weighted by atomic mass is 79.9. The standard InChI is InChI=1S/C16H24BrN3O3/c1-22-13-10-12(11-14(23-2)15(13)17)16(21)19-4-3-7-20-8-5-18-6-9-20/h10-11,18H,3-9H2,1-2H3,(H,19,21). The van der Waals surface area contributed by atoms with Gasteiger partial charge < -0.3 is 25.0 Å². The molecule has 0 unspecified atom stereocenters. The van der Waals surface area contributed by atoms with Gasteiger partial charge >= 0.3 is 0 Å². The van der Waals surface area contributed by atoms with Crippen LogP contribution in [0.25, 0.3) is 0 Å². The fourth-order valence-corrected chi connectivity index (χ4v) is 3.09. The van der Waals surface area contributed by atoms with Crippen molar-refractivity contribution in [3.63, 3.8) is 0 Å². The molecule has 2 N–H and O–H groups in total. The molecule has 1 heterocycles. The third-order valence-electron chi connectivity index (χ3n) is 3.85. The van der Waals surface area contributed by atoms with Crippen molar-refractivity contribution in [2.24, 2.45) is 0 Å². The van der Waals surface area contributed by atoms with Gasteiger partial charge in [0.25, 0.3) is 5.91 Å². The Bertz CT molecular complexity index is 508. The highest BCUT2D eigenvalue weighted by Crippen LogP contribution is 2.35. The van der Waals surface area contributed by atoms with Crippen LogP contribution in [0.2, 0.25) is 0 Å². The minimum absolute atomic E-state index is 0.116. The summed E-state index contributed by atoms with van der Waals surface area (Å²) in [6.45, 7) is 5.91. The number of carbonyl (C=O) groups excluding carboxylic acids is 1. The molecule has 1 fully saturated rings. The largest absolute Gasteiger partial charge is 0.495 e. The maximum atomic E-state index is 12.3. The number of carbonyl (C=O) groups is 1. The molecule has 1 saturated heterocycles. The summed E-state index contributed by atoms with van der Waals surface area (Å²) in [5.41, 5.74) is 0.532. The van der Waals surface area contributed by atoms with Crippen LogP contribution in [-0.2, 0) is 0 Å². The zero-order chi connectivity index (χ0) is 16.7. The highest BCUT2D eigenvalue weighted by Gasteiger charge is 2.14. The van der Waals surface area contributed by atoms with Gasteiger partial charge in [0.15, 0.2) is 0 Å². The monoisotopic (exact) mass is 385 g/mol. The third-order valence-corrected chi connectivity index (χ3v) is 4.64. The highest BCUT2D eigenvalue weighted by molar-refractivity contribution is 9.10. The SMILES string of the molecule is COc1cc(C(=O)NCCCN2CCNCC2)cc(OC)c1Br. The van der Waals surface area contributed by atoms with Crippen LogP contribution in [0.1, 0.15) is 16.8 Å². The molecule has 1 amide bonds. The van der Waals surface area contributed by atoms with Crippen molar-refractivity contribution in [1.29, 1.82) is 0 Å². The van der Waals surface area contributed by atoms with Crippen LogP contribution in [-0.4, -0.2) is 64.3 Å². The van der Waals surface area contributed by atoms with Crippen molar-refractivity contribution in [1.82, 2.24) is 15.5 Å². The van der Waals surface area contributed by atoms with Gasteiger partial charge in [-0.15, -0.1) is 0 Å². The maximum absolute atomic E-state index is 12.3. The number of amides is 1. The van der Waals surface area contributed by atoms with Gasteiger partial charge in [-0.3, -0.25) is 4.79 Å². The van der Waals surface area contributed by atoms with E-state index in [9.17, 15) is 4.79 Å². The summed E-state index contributed by atoms with van der Waals surface area (Å²) in [4.78, 5) is 14.7. The number of nitrogens with one attached hydrogen (secondary N) is 2. The Labute approximate surface area is 145 Å². The summed E-state index contributed by atoms with van der Waals surface area (Å²) < 4.78 is 11.2. The molecule has 7 heteroatoms. The van der Waals surface area contributed by atoms with Crippen molar-refractivity contribution in [2.45, 2.75) is 6.42 Å². The molecule has 6 nitrogen and oxygen atoms in total. The molecule has 1 aliphatic heterocycles. The maximum Gasteiger partial charge on any atom is 0.251 e. The topological polar surface area (TPSA) is 62.8 Å². The Kier molecular flexibility index (Phi) is 7.14. The Hall–Kier alpha value is -1.31. The zero-order valence-electron chi connectivity index (χ0n) is 13.7. The normalized spacial score (nSPS) is 15.3. The summed E-state index contributed by atoms with van der Waals surface area (Å²) >= 11 is 3.40. The van der Waals surface area contributed by atoms with Crippen molar-refractivity contribution < 1.29 is 14.3 Å². The van der Waals surface area contributed by atoms with Gasteiger partial charge in [-0.25, -0.2) is 0 Å². The van der Waals surface area contributed by atoms with E-state index < -0.39 is 0 Å². The van der Waals surface area contributed by atoms with Gasteiger partial charge in [0.1, 0.15) is 16.0 Å². The van der Waals surface area contributed by atoms with E-state index in [4.69, 9.17) is 9.47 Å². The molecular weight excluding hydrogens is 362 g/mol. The molecular formula is C16H24BrN3O3. The Morgan fingerprint density at radius 3 is 2.43 bits per heavy atom. The molecule has 128 valence electrons. The second-order valence-electron chi connectivity index (χ2n) is 5.40. The van der Waals surface area contributed by atoms with Gasteiger partial charge in [-0.05, 0) is 41.0 Å². The molecule has 0 bridgehead atoms. The quantitative estimate of drug-likeness (QED) is 0.696. The Morgan fingerprint density at radius 2 is 1.87 bits per heavy atom. The lowest BCUT2D eigenvalue weighted by Gasteiger charge is -2.27. The number of benzene rings is 1. The van der Waals surface area contributed by atoms with E-state index in [1.54, 1.807) is 26.4 Å². The number of hydrogen-bond acceptors (Lipinski definition) is 5. The molecule has 23 heavy (non-hydrogen) atoms. The van der Waals surface area contributed by atoms with Crippen molar-refractivity contribution in [3.8, 4) is 11.5 Å². The molecule has 1 aliphatic rings. The first-order chi connectivity index (χ1) is 11.2. The van der Waals surface area contributed by atoms with Crippen LogP contribution in [0.4, 0.5) is 0 Å². The minimum atomic E-state index is -0.116. The molecule has 0 aromatic heterocycles. The summed E-state index contributed by atoms with van der Waals surface area (Å²) in [6, 6.07) is 3.41. The summed E-state index contributed by atoms with van der Waals surface area (Å²) in [5, 5.41) is 6.29. The van der Waals surface area contributed by atoms with Crippen LogP contribution < -0.4 is 20.1 Å². The Morgan fingerprint density at radius 1 is 1.26 bits per heavy atom. The van der Waals surface area contributed by atoms with E-state index in [0.29, 0.717) is 28.1 Å². The van der Waals surface area contributed by atoms with Gasteiger partial charge in [-0.1, -0.05) is 0 Å². The second kappa shape index (κ2) is 9.10. The number of halogens is 1. The number of methoxy groups -OCH3 is 2. The number of piperazine rings is 1. The molecule has 0 saturated carbocycles. The second-order valence-corrected chi connectivity index (χ2v) is 6.19. The molecule has 2 rings (SSSR count). The van der Waals surface area contributed by atoms with Crippen molar-refractivity contribution >= 4 is 21.8 Å². The number of nitrogens with zero attached hydrogens (tertiary/aromatic N) is 1. The Balaban J connectivity index is 1.85. The summed E-state index contributed by atoms with van der Waals surface area (Å²) in [7, 11) is 3.13. The van der Waals surface area contributed by atoms with Crippen molar-refractivity contribution in [2.75, 3.05) is 53.5 Å². The zero-order valence-corrected chi connectivity index (χ0v) is 15.2. The lowest BCUT2D eigenvalue weighted by atomic mass is 10.2. The summed E-state index contributed by atoms with van der Waals surface area (Å²) in [5.74, 6) is 1.04. The first-order valence-electron chi connectivity index (χ1n) is 7.78. The van der Waals surface area contributed by atoms with E-state index in [-0.39, 0.29) is 5.91 Å². The first kappa shape index (κ1) is 18.0. The summed E-state index contributed by atoms with van der Waals surface area (Å²) in [6.07, 6.45) is 0.941. The van der Waals surface area contributed by atoms with E-state index in [1.807, 2.05) is 0 Å². The third kappa shape index (κ3) is 5.09. The molecule has 0 aliphatic carbocycles. The van der Waals surface area contributed by atoms with Gasteiger partial charge in [0.2, 0.25) is 0 Å². The van der Waals surface area contributed by atoms with Crippen molar-refractivity contribution in [3.05, 3.63) is 22.2 Å². The van der Waals surface area contributed by atoms with Gasteiger partial charge in [-0.2, -0.15) is 0 Å². The minimum Gasteiger partial charge on any atom is -0.495 e. The van der Waals surface area contributed by atoms with Crippen LogP contribution >= 0.6 is 15.9 Å². The average molecular weight is 386 g/mol. The predicted molar refractivity (Wildman–Crippen MR) is 93.5 cm³/mol. The number of ether oxygens (including phenoxy) is 2. The van der Waals surface area contributed by atoms with Gasteiger partial charge in [0.05, 0.1) is 14.2 Å². The van der Waals surface area contributed by atoms with E-state index in [2.05, 4.69) is 31.5 Å². The van der Waals surface area contributed by atoms with Gasteiger partial charge in [0, 0.05) is 38.3 Å². The molecule has 0 atom stereocenters. The molecule has 1 aromatic rings. The lowest BCUT2D eigenvalue weighted by Crippen LogP contribution is -2.44. The van der Waals surface area contributed by atoms with Crippen LogP contribution in [0.5, 0.6) is 11.5 Å². The fraction of sp³-hybridized carbons (Fsp3) is 0.562. The number of rotatable bonds is 7. The molecule has 1 aromatic carbocycles. The van der Waals surface area contributed by atoms with Crippen LogP contribution in [0.3, 0.4) is 0 Å². The van der Waals surface area contributed by atoms with E-state index >= 15 is 0 Å². The molecule has 0 spiro atoms. The van der Waals surface area contributed by atoms with Crippen LogP contribution in [0, 0.1) is 0 Å². The molecule has 0 radical (unpaired) electrons.